The molecule has 0 radical (unpaired) electrons. The Labute approximate surface area is 116 Å². The van der Waals surface area contributed by atoms with Crippen LogP contribution in [0.2, 0.25) is 0 Å². The number of nitrogens with one attached hydrogen (secondary N) is 2. The molecule has 1 rings (SSSR count). The molecule has 0 saturated heterocycles. The van der Waals surface area contributed by atoms with Gasteiger partial charge >= 0.3 is 0 Å². The van der Waals surface area contributed by atoms with Crippen molar-refractivity contribution in [1.29, 1.82) is 0 Å². The van der Waals surface area contributed by atoms with Crippen LogP contribution in [-0.4, -0.2) is 26.8 Å². The van der Waals surface area contributed by atoms with Crippen molar-refractivity contribution < 1.29 is 8.42 Å². The van der Waals surface area contributed by atoms with Crippen molar-refractivity contribution in [2.75, 3.05) is 13.1 Å². The van der Waals surface area contributed by atoms with Crippen LogP contribution in [0.4, 0.5) is 0 Å². The van der Waals surface area contributed by atoms with E-state index in [2.05, 4.69) is 17.0 Å². The molecule has 0 saturated carbocycles. The van der Waals surface area contributed by atoms with E-state index in [0.717, 1.165) is 18.5 Å². The second-order valence-electron chi connectivity index (χ2n) is 4.65. The van der Waals surface area contributed by atoms with Crippen LogP contribution < -0.4 is 10.0 Å². The van der Waals surface area contributed by atoms with E-state index in [4.69, 9.17) is 0 Å². The zero-order valence-electron chi connectivity index (χ0n) is 11.9. The second kappa shape index (κ2) is 7.62. The number of rotatable bonds is 8. The average Bonchev–Trinajstić information content (AvgIpc) is 2.43. The SMILES string of the molecule is CCNCC(C)S(=O)(=O)NCc1ccc(CC)cc1. The summed E-state index contributed by atoms with van der Waals surface area (Å²) in [6, 6.07) is 8.00. The van der Waals surface area contributed by atoms with E-state index in [1.807, 2.05) is 31.2 Å². The quantitative estimate of drug-likeness (QED) is 0.763. The van der Waals surface area contributed by atoms with E-state index >= 15 is 0 Å². The van der Waals surface area contributed by atoms with Gasteiger partial charge in [-0.3, -0.25) is 0 Å². The fraction of sp³-hybridized carbons (Fsp3) is 0.571. The molecule has 0 aromatic heterocycles. The van der Waals surface area contributed by atoms with Gasteiger partial charge in [0.1, 0.15) is 0 Å². The van der Waals surface area contributed by atoms with Gasteiger partial charge in [-0.15, -0.1) is 0 Å². The van der Waals surface area contributed by atoms with Gasteiger partial charge in [0.05, 0.1) is 5.25 Å². The van der Waals surface area contributed by atoms with Crippen LogP contribution in [0.25, 0.3) is 0 Å². The molecule has 0 aliphatic heterocycles. The van der Waals surface area contributed by atoms with Crippen LogP contribution in [0.15, 0.2) is 24.3 Å². The number of aryl methyl sites for hydroxylation is 1. The monoisotopic (exact) mass is 284 g/mol. The zero-order chi connectivity index (χ0) is 14.3. The number of hydrogen-bond acceptors (Lipinski definition) is 3. The fourth-order valence-corrected chi connectivity index (χ4v) is 2.67. The largest absolute Gasteiger partial charge is 0.316 e. The van der Waals surface area contributed by atoms with Gasteiger partial charge in [-0.2, -0.15) is 0 Å². The molecule has 0 fully saturated rings. The summed E-state index contributed by atoms with van der Waals surface area (Å²) in [5.41, 5.74) is 2.24. The molecule has 0 bridgehead atoms. The lowest BCUT2D eigenvalue weighted by Crippen LogP contribution is -2.38. The highest BCUT2D eigenvalue weighted by Crippen LogP contribution is 2.06. The van der Waals surface area contributed by atoms with Crippen molar-refractivity contribution in [1.82, 2.24) is 10.0 Å². The average molecular weight is 284 g/mol. The molecule has 0 heterocycles. The standard InChI is InChI=1S/C14H24N2O2S/c1-4-13-6-8-14(9-7-13)11-16-19(17,18)12(3)10-15-5-2/h6-9,12,15-16H,4-5,10-11H2,1-3H3. The summed E-state index contributed by atoms with van der Waals surface area (Å²) in [5, 5.41) is 2.62. The Hall–Kier alpha value is -0.910. The first kappa shape index (κ1) is 16.1. The van der Waals surface area contributed by atoms with E-state index in [0.29, 0.717) is 13.1 Å². The topological polar surface area (TPSA) is 58.2 Å². The van der Waals surface area contributed by atoms with E-state index in [9.17, 15) is 8.42 Å². The van der Waals surface area contributed by atoms with Crippen LogP contribution in [0, 0.1) is 0 Å². The first-order valence-corrected chi connectivity index (χ1v) is 8.31. The molecule has 0 spiro atoms. The molecule has 2 N–H and O–H groups in total. The van der Waals surface area contributed by atoms with E-state index in [1.54, 1.807) is 6.92 Å². The molecule has 0 aliphatic rings. The summed E-state index contributed by atoms with van der Waals surface area (Å²) in [4.78, 5) is 0. The summed E-state index contributed by atoms with van der Waals surface area (Å²) < 4.78 is 26.6. The summed E-state index contributed by atoms with van der Waals surface area (Å²) in [7, 11) is -3.26. The van der Waals surface area contributed by atoms with Crippen LogP contribution in [0.3, 0.4) is 0 Å². The van der Waals surface area contributed by atoms with Crippen molar-refractivity contribution >= 4 is 10.0 Å². The molecular formula is C14H24N2O2S. The van der Waals surface area contributed by atoms with Gasteiger partial charge in [0.15, 0.2) is 0 Å². The molecular weight excluding hydrogens is 260 g/mol. The lowest BCUT2D eigenvalue weighted by molar-refractivity contribution is 0.560. The van der Waals surface area contributed by atoms with Gasteiger partial charge in [-0.1, -0.05) is 38.1 Å². The maximum absolute atomic E-state index is 12.0. The molecule has 0 amide bonds. The lowest BCUT2D eigenvalue weighted by atomic mass is 10.1. The molecule has 19 heavy (non-hydrogen) atoms. The molecule has 1 aromatic rings. The van der Waals surface area contributed by atoms with Crippen molar-refractivity contribution in [3.8, 4) is 0 Å². The lowest BCUT2D eigenvalue weighted by Gasteiger charge is -2.14. The third kappa shape index (κ3) is 5.30. The minimum Gasteiger partial charge on any atom is -0.316 e. The Morgan fingerprint density at radius 2 is 1.68 bits per heavy atom. The van der Waals surface area contributed by atoms with Crippen molar-refractivity contribution in [2.45, 2.75) is 39.0 Å². The Morgan fingerprint density at radius 1 is 1.11 bits per heavy atom. The zero-order valence-corrected chi connectivity index (χ0v) is 12.8. The third-order valence-corrected chi connectivity index (χ3v) is 4.89. The van der Waals surface area contributed by atoms with Gasteiger partial charge in [-0.05, 0) is 31.0 Å². The maximum Gasteiger partial charge on any atom is 0.215 e. The van der Waals surface area contributed by atoms with Gasteiger partial charge in [-0.25, -0.2) is 13.1 Å². The smallest absolute Gasteiger partial charge is 0.215 e. The molecule has 5 heteroatoms. The van der Waals surface area contributed by atoms with Crippen LogP contribution >= 0.6 is 0 Å². The first-order chi connectivity index (χ1) is 8.99. The summed E-state index contributed by atoms with van der Waals surface area (Å²) in [6.45, 7) is 7.37. The van der Waals surface area contributed by atoms with Crippen LogP contribution in [0.1, 0.15) is 31.9 Å². The minimum atomic E-state index is -3.26. The first-order valence-electron chi connectivity index (χ1n) is 6.76. The second-order valence-corrected chi connectivity index (χ2v) is 6.84. The molecule has 1 unspecified atom stereocenters. The van der Waals surface area contributed by atoms with E-state index < -0.39 is 15.3 Å². The highest BCUT2D eigenvalue weighted by atomic mass is 32.2. The summed E-state index contributed by atoms with van der Waals surface area (Å²) >= 11 is 0. The van der Waals surface area contributed by atoms with Gasteiger partial charge in [0.25, 0.3) is 0 Å². The van der Waals surface area contributed by atoms with Crippen molar-refractivity contribution in [2.24, 2.45) is 0 Å². The number of benzene rings is 1. The highest BCUT2D eigenvalue weighted by Gasteiger charge is 2.19. The Morgan fingerprint density at radius 3 is 2.21 bits per heavy atom. The molecule has 1 atom stereocenters. The Kier molecular flexibility index (Phi) is 6.48. The minimum absolute atomic E-state index is 0.350. The Balaban J connectivity index is 2.54. The third-order valence-electron chi connectivity index (χ3n) is 3.12. The maximum atomic E-state index is 12.0. The molecule has 1 aromatic carbocycles. The van der Waals surface area contributed by atoms with Crippen LogP contribution in [0.5, 0.6) is 0 Å². The summed E-state index contributed by atoms with van der Waals surface area (Å²) in [6.07, 6.45) is 0.992. The predicted molar refractivity (Wildman–Crippen MR) is 79.6 cm³/mol. The number of sulfonamides is 1. The van der Waals surface area contributed by atoms with Gasteiger partial charge in [0.2, 0.25) is 10.0 Å². The van der Waals surface area contributed by atoms with Gasteiger partial charge < -0.3 is 5.32 Å². The molecule has 4 nitrogen and oxygen atoms in total. The van der Waals surface area contributed by atoms with Crippen molar-refractivity contribution in [3.05, 3.63) is 35.4 Å². The molecule has 0 aliphatic carbocycles. The normalized spacial score (nSPS) is 13.4. The van der Waals surface area contributed by atoms with Crippen LogP contribution in [-0.2, 0) is 23.0 Å². The Bertz CT molecular complexity index is 469. The van der Waals surface area contributed by atoms with Crippen molar-refractivity contribution in [3.63, 3.8) is 0 Å². The van der Waals surface area contributed by atoms with E-state index in [-0.39, 0.29) is 0 Å². The number of hydrogen-bond donors (Lipinski definition) is 2. The highest BCUT2D eigenvalue weighted by molar-refractivity contribution is 7.90. The van der Waals surface area contributed by atoms with E-state index in [1.165, 1.54) is 5.56 Å². The summed E-state index contributed by atoms with van der Waals surface area (Å²) in [5.74, 6) is 0. The fourth-order valence-electron chi connectivity index (χ4n) is 1.68. The predicted octanol–water partition coefficient (Wildman–Crippen LogP) is 1.67. The molecule has 108 valence electrons. The van der Waals surface area contributed by atoms with Gasteiger partial charge in [0, 0.05) is 13.1 Å².